The molecule has 1 saturated heterocycles. The van der Waals surface area contributed by atoms with Gasteiger partial charge in [-0.3, -0.25) is 14.6 Å². The second-order valence-corrected chi connectivity index (χ2v) is 8.79. The summed E-state index contributed by atoms with van der Waals surface area (Å²) in [6.07, 6.45) is 7.86. The number of Topliss-reactive ketones (excluding diaryl/α,β-unsaturated/α-hetero) is 1. The van der Waals surface area contributed by atoms with Crippen molar-refractivity contribution in [2.75, 3.05) is 13.2 Å². The fraction of sp³-hybridized carbons (Fsp3) is 0.192. The van der Waals surface area contributed by atoms with Crippen LogP contribution in [0.3, 0.4) is 0 Å². The van der Waals surface area contributed by atoms with E-state index < -0.39 is 17.7 Å². The maximum Gasteiger partial charge on any atom is 0.295 e. The van der Waals surface area contributed by atoms with E-state index in [1.807, 2.05) is 35.4 Å². The van der Waals surface area contributed by atoms with E-state index in [2.05, 4.69) is 27.5 Å². The number of aliphatic hydroxyl groups excluding tert-OH is 1. The molecular formula is C26H25BrN3O4+. The Balaban J connectivity index is 1.70. The lowest BCUT2D eigenvalue weighted by Gasteiger charge is -2.25. The van der Waals surface area contributed by atoms with Crippen molar-refractivity contribution in [2.45, 2.75) is 19.0 Å². The number of likely N-dealkylation sites (tertiary alicyclic amines) is 1. The molecule has 7 nitrogen and oxygen atoms in total. The molecule has 3 aromatic rings. The molecular weight excluding hydrogens is 498 g/mol. The van der Waals surface area contributed by atoms with Gasteiger partial charge in [0.15, 0.2) is 0 Å². The lowest BCUT2D eigenvalue weighted by molar-refractivity contribution is -0.695. The molecule has 2 heterocycles. The number of rotatable bonds is 9. The summed E-state index contributed by atoms with van der Waals surface area (Å²) in [5.41, 5.74) is 1.28. The zero-order valence-electron chi connectivity index (χ0n) is 18.5. The number of carbonyl (C=O) groups is 2. The van der Waals surface area contributed by atoms with Crippen LogP contribution in [0.2, 0.25) is 0 Å². The minimum Gasteiger partial charge on any atom is -0.507 e. The maximum atomic E-state index is 13.1. The number of carbonyl (C=O) groups excluding carboxylic acids is 2. The van der Waals surface area contributed by atoms with Crippen molar-refractivity contribution in [1.82, 2.24) is 9.88 Å². The number of aryl methyl sites for hydroxylation is 1. The summed E-state index contributed by atoms with van der Waals surface area (Å²) in [5.74, 6) is -0.843. The van der Waals surface area contributed by atoms with Crippen LogP contribution >= 0.6 is 15.9 Å². The SMILES string of the molecule is C=CCOc1ccc(C2C(=C(O)c3ccc(Br)cc3)C(=O)C(=O)N2CCC[n+]2cc[nH]c2)cc1. The molecule has 34 heavy (non-hydrogen) atoms. The monoisotopic (exact) mass is 522 g/mol. The molecule has 0 saturated carbocycles. The molecule has 2 aromatic carbocycles. The fourth-order valence-electron chi connectivity index (χ4n) is 4.01. The minimum atomic E-state index is -0.701. The highest BCUT2D eigenvalue weighted by molar-refractivity contribution is 9.10. The first kappa shape index (κ1) is 23.5. The van der Waals surface area contributed by atoms with Gasteiger partial charge in [0, 0.05) is 23.0 Å². The van der Waals surface area contributed by atoms with Crippen LogP contribution < -0.4 is 9.30 Å². The van der Waals surface area contributed by atoms with Gasteiger partial charge in [0.05, 0.1) is 18.2 Å². The molecule has 0 radical (unpaired) electrons. The van der Waals surface area contributed by atoms with Crippen LogP contribution in [0.1, 0.15) is 23.6 Å². The molecule has 1 aliphatic rings. The summed E-state index contributed by atoms with van der Waals surface area (Å²) in [6, 6.07) is 13.5. The number of nitrogens with zero attached hydrogens (tertiary/aromatic N) is 2. The summed E-state index contributed by atoms with van der Waals surface area (Å²) < 4.78 is 8.38. The zero-order valence-corrected chi connectivity index (χ0v) is 20.1. The van der Waals surface area contributed by atoms with Crippen LogP contribution in [0.15, 0.2) is 90.0 Å². The quantitative estimate of drug-likeness (QED) is 0.145. The van der Waals surface area contributed by atoms with Crippen molar-refractivity contribution in [3.63, 3.8) is 0 Å². The Morgan fingerprint density at radius 3 is 2.56 bits per heavy atom. The summed E-state index contributed by atoms with van der Waals surface area (Å²) in [4.78, 5) is 30.7. The van der Waals surface area contributed by atoms with Crippen molar-refractivity contribution >= 4 is 33.4 Å². The molecule has 1 aliphatic heterocycles. The zero-order chi connectivity index (χ0) is 24.1. The number of ketones is 1. The third kappa shape index (κ3) is 4.97. The summed E-state index contributed by atoms with van der Waals surface area (Å²) in [5, 5.41) is 11.1. The molecule has 1 atom stereocenters. The van der Waals surface area contributed by atoms with Crippen molar-refractivity contribution in [2.24, 2.45) is 0 Å². The van der Waals surface area contributed by atoms with Gasteiger partial charge in [0.1, 0.15) is 30.5 Å². The van der Waals surface area contributed by atoms with Gasteiger partial charge >= 0.3 is 0 Å². The number of H-pyrrole nitrogens is 1. The van der Waals surface area contributed by atoms with E-state index >= 15 is 0 Å². The Labute approximate surface area is 206 Å². The van der Waals surface area contributed by atoms with Gasteiger partial charge in [-0.2, -0.15) is 0 Å². The van der Waals surface area contributed by atoms with Crippen LogP contribution in [-0.2, 0) is 16.1 Å². The Bertz CT molecular complexity index is 1200. The number of aromatic nitrogens is 2. The number of imidazole rings is 1. The van der Waals surface area contributed by atoms with Gasteiger partial charge in [-0.05, 0) is 29.8 Å². The molecule has 1 unspecified atom stereocenters. The normalized spacial score (nSPS) is 17.2. The standard InChI is InChI=1S/C26H24BrN3O4/c1-2-16-34-21-10-6-18(7-11-21)23-22(24(31)19-4-8-20(27)9-5-19)25(32)26(33)30(23)14-3-13-29-15-12-28-17-29/h2,4-12,15,17,23H,1,3,13-14,16H2,(H,31,32)/p+1. The molecule has 1 fully saturated rings. The Morgan fingerprint density at radius 1 is 1.18 bits per heavy atom. The number of aromatic amines is 1. The Hall–Kier alpha value is -3.65. The molecule has 0 bridgehead atoms. The lowest BCUT2D eigenvalue weighted by Crippen LogP contribution is -2.36. The first-order valence-electron chi connectivity index (χ1n) is 10.9. The smallest absolute Gasteiger partial charge is 0.295 e. The predicted molar refractivity (Wildman–Crippen MR) is 131 cm³/mol. The summed E-state index contributed by atoms with van der Waals surface area (Å²) in [7, 11) is 0. The minimum absolute atomic E-state index is 0.0846. The Kier molecular flexibility index (Phi) is 7.27. The number of amides is 1. The third-order valence-corrected chi connectivity index (χ3v) is 6.17. The first-order valence-corrected chi connectivity index (χ1v) is 11.7. The van der Waals surface area contributed by atoms with Crippen LogP contribution in [-0.4, -0.2) is 39.8 Å². The third-order valence-electron chi connectivity index (χ3n) is 5.64. The van der Waals surface area contributed by atoms with Gasteiger partial charge < -0.3 is 14.7 Å². The van der Waals surface area contributed by atoms with Crippen molar-refractivity contribution in [1.29, 1.82) is 0 Å². The summed E-state index contributed by atoms with van der Waals surface area (Å²) >= 11 is 3.38. The highest BCUT2D eigenvalue weighted by Crippen LogP contribution is 2.40. The number of aliphatic hydroxyl groups is 1. The van der Waals surface area contributed by atoms with Crippen LogP contribution in [0.5, 0.6) is 5.75 Å². The van der Waals surface area contributed by atoms with E-state index in [1.165, 1.54) is 0 Å². The second kappa shape index (κ2) is 10.5. The van der Waals surface area contributed by atoms with Gasteiger partial charge in [-0.1, -0.05) is 52.9 Å². The van der Waals surface area contributed by atoms with Crippen molar-refractivity contribution in [3.05, 3.63) is 101 Å². The van der Waals surface area contributed by atoms with Crippen molar-refractivity contribution in [3.8, 4) is 5.75 Å². The van der Waals surface area contributed by atoms with E-state index in [0.29, 0.717) is 37.4 Å². The second-order valence-electron chi connectivity index (χ2n) is 7.87. The maximum absolute atomic E-state index is 13.1. The number of halogens is 1. The number of hydrogen-bond acceptors (Lipinski definition) is 4. The number of nitrogens with one attached hydrogen (secondary N) is 1. The molecule has 2 N–H and O–H groups in total. The first-order chi connectivity index (χ1) is 16.5. The van der Waals surface area contributed by atoms with Gasteiger partial charge in [0.25, 0.3) is 11.7 Å². The van der Waals surface area contributed by atoms with Crippen molar-refractivity contribution < 1.29 is 24.0 Å². The number of hydrogen-bond donors (Lipinski definition) is 2. The molecule has 4 rings (SSSR count). The van der Waals surface area contributed by atoms with E-state index in [4.69, 9.17) is 4.74 Å². The predicted octanol–water partition coefficient (Wildman–Crippen LogP) is 4.14. The van der Waals surface area contributed by atoms with Gasteiger partial charge in [-0.25, -0.2) is 4.57 Å². The molecule has 1 amide bonds. The highest BCUT2D eigenvalue weighted by Gasteiger charge is 2.45. The largest absolute Gasteiger partial charge is 0.507 e. The lowest BCUT2D eigenvalue weighted by atomic mass is 9.95. The fourth-order valence-corrected chi connectivity index (χ4v) is 4.27. The number of benzene rings is 2. The molecule has 0 spiro atoms. The van der Waals surface area contributed by atoms with E-state index in [0.717, 1.165) is 10.0 Å². The average Bonchev–Trinajstić information content (AvgIpc) is 3.45. The molecule has 8 heteroatoms. The molecule has 1 aromatic heterocycles. The van der Waals surface area contributed by atoms with Gasteiger partial charge in [-0.15, -0.1) is 0 Å². The van der Waals surface area contributed by atoms with E-state index in [1.54, 1.807) is 47.4 Å². The molecule has 0 aliphatic carbocycles. The highest BCUT2D eigenvalue weighted by atomic mass is 79.9. The van der Waals surface area contributed by atoms with Crippen LogP contribution in [0.4, 0.5) is 0 Å². The molecule has 174 valence electrons. The number of ether oxygens (including phenoxy) is 1. The van der Waals surface area contributed by atoms with E-state index in [-0.39, 0.29) is 11.3 Å². The average molecular weight is 523 g/mol. The van der Waals surface area contributed by atoms with E-state index in [9.17, 15) is 14.7 Å². The Morgan fingerprint density at radius 2 is 1.91 bits per heavy atom. The van der Waals surface area contributed by atoms with Gasteiger partial charge in [0.2, 0.25) is 6.33 Å². The topological polar surface area (TPSA) is 86.5 Å². The van der Waals surface area contributed by atoms with Crippen LogP contribution in [0, 0.1) is 0 Å². The summed E-state index contributed by atoms with van der Waals surface area (Å²) in [6.45, 7) is 5.06. The van der Waals surface area contributed by atoms with Crippen LogP contribution in [0.25, 0.3) is 5.76 Å².